The summed E-state index contributed by atoms with van der Waals surface area (Å²) in [4.78, 5) is 23.7. The number of hydrazine groups is 1. The van der Waals surface area contributed by atoms with Crippen LogP contribution in [0.4, 0.5) is 4.79 Å². The van der Waals surface area contributed by atoms with Crippen LogP contribution < -0.4 is 5.43 Å². The Morgan fingerprint density at radius 3 is 2.75 bits per heavy atom. The molecule has 1 aliphatic heterocycles. The molecule has 0 aromatic rings. The maximum atomic E-state index is 11.6. The Bertz CT molecular complexity index is 268. The van der Waals surface area contributed by atoms with Crippen molar-refractivity contribution in [1.29, 1.82) is 0 Å². The number of likely N-dealkylation sites (tertiary alicyclic amines) is 1. The second-order valence-corrected chi connectivity index (χ2v) is 4.34. The molecule has 1 saturated heterocycles. The largest absolute Gasteiger partial charge is 0.481 e. The highest BCUT2D eigenvalue weighted by atomic mass is 16.4. The molecule has 0 radical (unpaired) electrons. The number of amides is 2. The van der Waals surface area contributed by atoms with E-state index in [0.717, 1.165) is 6.42 Å². The molecule has 0 bridgehead atoms. The number of carboxylic acid groups (broad SMARTS) is 1. The molecular formula is C10H19N3O3. The number of urea groups is 1. The van der Waals surface area contributed by atoms with Gasteiger partial charge in [0, 0.05) is 33.6 Å². The fourth-order valence-corrected chi connectivity index (χ4v) is 1.84. The molecule has 0 aromatic heterocycles. The molecule has 1 rings (SSSR count). The fraction of sp³-hybridized carbons (Fsp3) is 0.800. The molecule has 6 nitrogen and oxygen atoms in total. The molecule has 1 heterocycles. The van der Waals surface area contributed by atoms with Gasteiger partial charge in [-0.25, -0.2) is 9.80 Å². The average Bonchev–Trinajstić information content (AvgIpc) is 2.61. The average molecular weight is 229 g/mol. The van der Waals surface area contributed by atoms with Gasteiger partial charge >= 0.3 is 12.0 Å². The van der Waals surface area contributed by atoms with E-state index in [4.69, 9.17) is 5.11 Å². The number of nitrogens with one attached hydrogen (secondary N) is 1. The first-order valence-corrected chi connectivity index (χ1v) is 5.43. The van der Waals surface area contributed by atoms with E-state index in [9.17, 15) is 9.59 Å². The summed E-state index contributed by atoms with van der Waals surface area (Å²) in [5, 5.41) is 10.2. The van der Waals surface area contributed by atoms with Crippen molar-refractivity contribution >= 4 is 12.0 Å². The van der Waals surface area contributed by atoms with E-state index in [1.807, 2.05) is 0 Å². The molecule has 6 heteroatoms. The Morgan fingerprint density at radius 1 is 1.50 bits per heavy atom. The zero-order valence-electron chi connectivity index (χ0n) is 9.77. The predicted octanol–water partition coefficient (Wildman–Crippen LogP) is 0.359. The van der Waals surface area contributed by atoms with Crippen LogP contribution in [-0.2, 0) is 4.79 Å². The molecule has 1 atom stereocenters. The first kappa shape index (κ1) is 12.8. The van der Waals surface area contributed by atoms with Crippen molar-refractivity contribution in [2.24, 2.45) is 5.92 Å². The van der Waals surface area contributed by atoms with E-state index in [1.54, 1.807) is 24.0 Å². The number of nitrogens with zero attached hydrogens (tertiary/aromatic N) is 2. The van der Waals surface area contributed by atoms with Crippen molar-refractivity contribution < 1.29 is 14.7 Å². The monoisotopic (exact) mass is 229 g/mol. The van der Waals surface area contributed by atoms with Crippen LogP contribution in [0.25, 0.3) is 0 Å². The molecule has 2 N–H and O–H groups in total. The highest BCUT2D eigenvalue weighted by Crippen LogP contribution is 2.20. The molecule has 1 unspecified atom stereocenters. The van der Waals surface area contributed by atoms with Crippen LogP contribution >= 0.6 is 0 Å². The van der Waals surface area contributed by atoms with E-state index in [-0.39, 0.29) is 12.5 Å². The van der Waals surface area contributed by atoms with E-state index in [1.165, 1.54) is 0 Å². The standard InChI is InChI=1S/C10H19N3O3/c1-12(2)11-10(16)13-6-5-8(7-13)3-4-9(14)15/h8H,3-7H2,1-2H3,(H,11,16)(H,14,15). The van der Waals surface area contributed by atoms with E-state index in [2.05, 4.69) is 5.43 Å². The van der Waals surface area contributed by atoms with Crippen molar-refractivity contribution in [3.05, 3.63) is 0 Å². The Labute approximate surface area is 95.2 Å². The maximum absolute atomic E-state index is 11.6. The van der Waals surface area contributed by atoms with Crippen LogP contribution in [0.1, 0.15) is 19.3 Å². The summed E-state index contributed by atoms with van der Waals surface area (Å²) < 4.78 is 0. The summed E-state index contributed by atoms with van der Waals surface area (Å²) in [5.74, 6) is -0.444. The molecule has 0 aliphatic carbocycles. The zero-order valence-corrected chi connectivity index (χ0v) is 9.77. The fourth-order valence-electron chi connectivity index (χ4n) is 1.84. The molecule has 1 fully saturated rings. The van der Waals surface area contributed by atoms with Gasteiger partial charge in [-0.1, -0.05) is 0 Å². The number of carbonyl (C=O) groups excluding carboxylic acids is 1. The minimum absolute atomic E-state index is 0.108. The summed E-state index contributed by atoms with van der Waals surface area (Å²) in [5.41, 5.74) is 2.67. The molecule has 92 valence electrons. The Morgan fingerprint density at radius 2 is 2.19 bits per heavy atom. The molecule has 0 saturated carbocycles. The summed E-state index contributed by atoms with van der Waals surface area (Å²) in [6, 6.07) is -0.108. The van der Waals surface area contributed by atoms with Crippen molar-refractivity contribution in [2.75, 3.05) is 27.2 Å². The smallest absolute Gasteiger partial charge is 0.331 e. The van der Waals surface area contributed by atoms with Gasteiger partial charge in [-0.2, -0.15) is 0 Å². The van der Waals surface area contributed by atoms with E-state index < -0.39 is 5.97 Å². The Hall–Kier alpha value is -1.30. The Balaban J connectivity index is 2.29. The van der Waals surface area contributed by atoms with Crippen molar-refractivity contribution in [3.8, 4) is 0 Å². The Kier molecular flexibility index (Phi) is 4.54. The van der Waals surface area contributed by atoms with Crippen LogP contribution in [-0.4, -0.2) is 54.2 Å². The molecular weight excluding hydrogens is 210 g/mol. The predicted molar refractivity (Wildman–Crippen MR) is 58.8 cm³/mol. The number of carbonyl (C=O) groups is 2. The van der Waals surface area contributed by atoms with Crippen LogP contribution in [0.15, 0.2) is 0 Å². The number of hydrogen-bond donors (Lipinski definition) is 2. The number of aliphatic carboxylic acids is 1. The summed E-state index contributed by atoms with van der Waals surface area (Å²) in [7, 11) is 3.52. The molecule has 1 aliphatic rings. The van der Waals surface area contributed by atoms with Crippen molar-refractivity contribution in [1.82, 2.24) is 15.3 Å². The lowest BCUT2D eigenvalue weighted by Gasteiger charge is -2.20. The van der Waals surface area contributed by atoms with Gasteiger partial charge in [-0.05, 0) is 18.8 Å². The lowest BCUT2D eigenvalue weighted by Crippen LogP contribution is -2.44. The topological polar surface area (TPSA) is 72.9 Å². The van der Waals surface area contributed by atoms with Crippen molar-refractivity contribution in [3.63, 3.8) is 0 Å². The second-order valence-electron chi connectivity index (χ2n) is 4.34. The summed E-state index contributed by atoms with van der Waals surface area (Å²) in [6.07, 6.45) is 1.74. The molecule has 2 amide bonds. The first-order chi connectivity index (χ1) is 7.49. The van der Waals surface area contributed by atoms with Gasteiger partial charge < -0.3 is 10.0 Å². The maximum Gasteiger partial charge on any atom is 0.331 e. The SMILES string of the molecule is CN(C)NC(=O)N1CCC(CCC(=O)O)C1. The van der Waals surface area contributed by atoms with Gasteiger partial charge in [0.1, 0.15) is 0 Å². The molecule has 16 heavy (non-hydrogen) atoms. The third kappa shape index (κ3) is 4.06. The second kappa shape index (κ2) is 5.69. The normalized spacial score (nSPS) is 20.2. The first-order valence-electron chi connectivity index (χ1n) is 5.43. The number of rotatable bonds is 4. The van der Waals surface area contributed by atoms with Gasteiger partial charge in [0.05, 0.1) is 0 Å². The van der Waals surface area contributed by atoms with Crippen LogP contribution in [0, 0.1) is 5.92 Å². The summed E-state index contributed by atoms with van der Waals surface area (Å²) >= 11 is 0. The highest BCUT2D eigenvalue weighted by molar-refractivity contribution is 5.73. The van der Waals surface area contributed by atoms with E-state index >= 15 is 0 Å². The minimum atomic E-state index is -0.767. The molecule has 0 spiro atoms. The van der Waals surface area contributed by atoms with Gasteiger partial charge in [0.15, 0.2) is 0 Å². The van der Waals surface area contributed by atoms with Gasteiger partial charge in [0.25, 0.3) is 0 Å². The van der Waals surface area contributed by atoms with Crippen LogP contribution in [0.5, 0.6) is 0 Å². The minimum Gasteiger partial charge on any atom is -0.481 e. The van der Waals surface area contributed by atoms with Gasteiger partial charge in [-0.3, -0.25) is 10.2 Å². The van der Waals surface area contributed by atoms with Gasteiger partial charge in [-0.15, -0.1) is 0 Å². The third-order valence-corrected chi connectivity index (χ3v) is 2.66. The highest BCUT2D eigenvalue weighted by Gasteiger charge is 2.26. The number of carboxylic acids is 1. The summed E-state index contributed by atoms with van der Waals surface area (Å²) in [6.45, 7) is 1.37. The van der Waals surface area contributed by atoms with E-state index in [0.29, 0.717) is 25.4 Å². The van der Waals surface area contributed by atoms with Crippen LogP contribution in [0.3, 0.4) is 0 Å². The third-order valence-electron chi connectivity index (χ3n) is 2.66. The van der Waals surface area contributed by atoms with Crippen molar-refractivity contribution in [2.45, 2.75) is 19.3 Å². The van der Waals surface area contributed by atoms with Gasteiger partial charge in [0.2, 0.25) is 0 Å². The lowest BCUT2D eigenvalue weighted by molar-refractivity contribution is -0.137. The molecule has 0 aromatic carbocycles. The number of hydrogen-bond acceptors (Lipinski definition) is 3. The quantitative estimate of drug-likeness (QED) is 0.683. The lowest BCUT2D eigenvalue weighted by atomic mass is 10.0. The zero-order chi connectivity index (χ0) is 12.1. The van der Waals surface area contributed by atoms with Crippen LogP contribution in [0.2, 0.25) is 0 Å².